The SMILES string of the molecule is Cc1ccc(Sc2nccnc2N2CCC[C@@H](C(=O)NCc3ccc(N(C)C)cc3)C2)cc1. The van der Waals surface area contributed by atoms with Gasteiger partial charge in [0.2, 0.25) is 5.91 Å². The maximum Gasteiger partial charge on any atom is 0.225 e. The van der Waals surface area contributed by atoms with Crippen molar-refractivity contribution in [2.75, 3.05) is 37.0 Å². The molecule has 1 aromatic heterocycles. The molecule has 1 aliphatic rings. The van der Waals surface area contributed by atoms with E-state index in [0.717, 1.165) is 46.4 Å². The van der Waals surface area contributed by atoms with Crippen molar-refractivity contribution in [2.24, 2.45) is 5.92 Å². The third-order valence-electron chi connectivity index (χ3n) is 5.89. The number of nitrogens with one attached hydrogen (secondary N) is 1. The highest BCUT2D eigenvalue weighted by Crippen LogP contribution is 2.34. The highest BCUT2D eigenvalue weighted by molar-refractivity contribution is 7.99. The number of hydrogen-bond donors (Lipinski definition) is 1. The Morgan fingerprint density at radius 2 is 1.82 bits per heavy atom. The van der Waals surface area contributed by atoms with Gasteiger partial charge in [0, 0.05) is 56.7 Å². The normalized spacial score (nSPS) is 15.8. The first kappa shape index (κ1) is 23.1. The van der Waals surface area contributed by atoms with Gasteiger partial charge in [0.25, 0.3) is 0 Å². The fraction of sp³-hybridized carbons (Fsp3) is 0.346. The average molecular weight is 462 g/mol. The lowest BCUT2D eigenvalue weighted by molar-refractivity contribution is -0.125. The van der Waals surface area contributed by atoms with Crippen LogP contribution in [-0.4, -0.2) is 43.1 Å². The van der Waals surface area contributed by atoms with Gasteiger partial charge in [-0.15, -0.1) is 0 Å². The molecular formula is C26H31N5OS. The number of aromatic nitrogens is 2. The van der Waals surface area contributed by atoms with Gasteiger partial charge in [0.15, 0.2) is 5.82 Å². The molecule has 0 saturated carbocycles. The van der Waals surface area contributed by atoms with Crippen LogP contribution < -0.4 is 15.1 Å². The number of piperidine rings is 1. The van der Waals surface area contributed by atoms with Gasteiger partial charge in [-0.25, -0.2) is 9.97 Å². The van der Waals surface area contributed by atoms with Crippen LogP contribution >= 0.6 is 11.8 Å². The number of rotatable bonds is 7. The molecule has 2 aromatic carbocycles. The van der Waals surface area contributed by atoms with E-state index in [1.165, 1.54) is 5.56 Å². The number of hydrogen-bond acceptors (Lipinski definition) is 6. The first-order valence-electron chi connectivity index (χ1n) is 11.3. The van der Waals surface area contributed by atoms with Crippen LogP contribution in [0.15, 0.2) is 70.8 Å². The van der Waals surface area contributed by atoms with Gasteiger partial charge in [-0.2, -0.15) is 0 Å². The minimum absolute atomic E-state index is 0.0565. The minimum atomic E-state index is -0.0565. The number of benzene rings is 2. The highest BCUT2D eigenvalue weighted by atomic mass is 32.2. The Morgan fingerprint density at radius 3 is 2.55 bits per heavy atom. The van der Waals surface area contributed by atoms with Gasteiger partial charge in [-0.1, -0.05) is 41.6 Å². The summed E-state index contributed by atoms with van der Waals surface area (Å²) >= 11 is 1.62. The van der Waals surface area contributed by atoms with Gasteiger partial charge in [-0.05, 0) is 49.6 Å². The molecule has 1 N–H and O–H groups in total. The fourth-order valence-electron chi connectivity index (χ4n) is 3.95. The van der Waals surface area contributed by atoms with E-state index in [1.54, 1.807) is 24.2 Å². The summed E-state index contributed by atoms with van der Waals surface area (Å²) in [5.74, 6) is 0.909. The maximum atomic E-state index is 12.9. The molecule has 0 spiro atoms. The van der Waals surface area contributed by atoms with Crippen molar-refractivity contribution in [3.8, 4) is 0 Å². The largest absolute Gasteiger partial charge is 0.378 e. The Hall–Kier alpha value is -3.06. The van der Waals surface area contributed by atoms with Gasteiger partial charge in [0.05, 0.1) is 5.92 Å². The van der Waals surface area contributed by atoms with E-state index in [-0.39, 0.29) is 11.8 Å². The Morgan fingerprint density at radius 1 is 1.09 bits per heavy atom. The summed E-state index contributed by atoms with van der Waals surface area (Å²) in [6.07, 6.45) is 5.31. The molecule has 0 aliphatic carbocycles. The molecule has 1 amide bonds. The summed E-state index contributed by atoms with van der Waals surface area (Å²) in [6.45, 7) is 4.17. The van der Waals surface area contributed by atoms with Crippen molar-refractivity contribution >= 4 is 29.2 Å². The number of anilines is 2. The predicted octanol–water partition coefficient (Wildman–Crippen LogP) is 4.54. The zero-order valence-corrected chi connectivity index (χ0v) is 20.3. The van der Waals surface area contributed by atoms with Crippen LogP contribution in [0.25, 0.3) is 0 Å². The molecule has 1 atom stereocenters. The number of carbonyl (C=O) groups excluding carboxylic acids is 1. The van der Waals surface area contributed by atoms with Gasteiger partial charge < -0.3 is 15.1 Å². The van der Waals surface area contributed by atoms with Gasteiger partial charge in [-0.3, -0.25) is 4.79 Å². The molecule has 0 radical (unpaired) electrons. The number of carbonyl (C=O) groups is 1. The van der Waals surface area contributed by atoms with Crippen molar-refractivity contribution < 1.29 is 4.79 Å². The van der Waals surface area contributed by atoms with Gasteiger partial charge >= 0.3 is 0 Å². The molecule has 0 unspecified atom stereocenters. The van der Waals surface area contributed by atoms with E-state index >= 15 is 0 Å². The van der Waals surface area contributed by atoms with Crippen molar-refractivity contribution in [2.45, 2.75) is 36.2 Å². The molecule has 6 nitrogen and oxygen atoms in total. The first-order chi connectivity index (χ1) is 16.0. The molecule has 0 bridgehead atoms. The molecule has 1 fully saturated rings. The van der Waals surface area contributed by atoms with E-state index in [9.17, 15) is 4.79 Å². The van der Waals surface area contributed by atoms with Crippen molar-refractivity contribution in [3.05, 3.63) is 72.1 Å². The smallest absolute Gasteiger partial charge is 0.225 e. The second-order valence-corrected chi connectivity index (χ2v) is 9.73. The lowest BCUT2D eigenvalue weighted by atomic mass is 9.97. The molecule has 3 aromatic rings. The lowest BCUT2D eigenvalue weighted by Gasteiger charge is -2.33. The van der Waals surface area contributed by atoms with Crippen LogP contribution in [0, 0.1) is 12.8 Å². The van der Waals surface area contributed by atoms with Crippen LogP contribution in [0.1, 0.15) is 24.0 Å². The molecule has 2 heterocycles. The fourth-order valence-corrected chi connectivity index (χ4v) is 4.84. The standard InChI is InChI=1S/C26H31N5OS/c1-19-6-12-23(13-7-19)33-26-24(27-14-15-28-26)31-16-4-5-21(18-31)25(32)29-17-20-8-10-22(11-9-20)30(2)3/h6-15,21H,4-5,16-18H2,1-3H3,(H,29,32)/t21-/m1/s1. The van der Waals surface area contributed by atoms with Crippen LogP contribution in [-0.2, 0) is 11.3 Å². The number of nitrogens with zero attached hydrogens (tertiary/aromatic N) is 4. The zero-order valence-electron chi connectivity index (χ0n) is 19.5. The molecule has 7 heteroatoms. The first-order valence-corrected chi connectivity index (χ1v) is 12.2. The minimum Gasteiger partial charge on any atom is -0.378 e. The van der Waals surface area contributed by atoms with Gasteiger partial charge in [0.1, 0.15) is 5.03 Å². The van der Waals surface area contributed by atoms with Crippen molar-refractivity contribution in [1.82, 2.24) is 15.3 Å². The molecule has 172 valence electrons. The van der Waals surface area contributed by atoms with Crippen molar-refractivity contribution in [1.29, 1.82) is 0 Å². The summed E-state index contributed by atoms with van der Waals surface area (Å²) in [4.78, 5) is 27.6. The Balaban J connectivity index is 1.39. The molecule has 1 aliphatic heterocycles. The predicted molar refractivity (Wildman–Crippen MR) is 135 cm³/mol. The summed E-state index contributed by atoms with van der Waals surface area (Å²) in [7, 11) is 4.04. The maximum absolute atomic E-state index is 12.9. The summed E-state index contributed by atoms with van der Waals surface area (Å²) in [5.41, 5.74) is 3.49. The van der Waals surface area contributed by atoms with Crippen LogP contribution in [0.5, 0.6) is 0 Å². The third kappa shape index (κ3) is 6.05. The lowest BCUT2D eigenvalue weighted by Crippen LogP contribution is -2.43. The topological polar surface area (TPSA) is 61.4 Å². The summed E-state index contributed by atoms with van der Waals surface area (Å²) in [6, 6.07) is 16.7. The van der Waals surface area contributed by atoms with Crippen LogP contribution in [0.4, 0.5) is 11.5 Å². The molecule has 1 saturated heterocycles. The number of amides is 1. The Kier molecular flexibility index (Phi) is 7.50. The van der Waals surface area contributed by atoms with Crippen molar-refractivity contribution in [3.63, 3.8) is 0 Å². The van der Waals surface area contributed by atoms with E-state index in [4.69, 9.17) is 0 Å². The quantitative estimate of drug-likeness (QED) is 0.558. The summed E-state index contributed by atoms with van der Waals surface area (Å²) < 4.78 is 0. The highest BCUT2D eigenvalue weighted by Gasteiger charge is 2.28. The summed E-state index contributed by atoms with van der Waals surface area (Å²) in [5, 5.41) is 4.01. The zero-order chi connectivity index (χ0) is 23.2. The molecule has 4 rings (SSSR count). The molecular weight excluding hydrogens is 430 g/mol. The van der Waals surface area contributed by atoms with E-state index in [0.29, 0.717) is 13.1 Å². The van der Waals surface area contributed by atoms with Crippen LogP contribution in [0.2, 0.25) is 0 Å². The average Bonchev–Trinajstić information content (AvgIpc) is 2.84. The number of aryl methyl sites for hydroxylation is 1. The second kappa shape index (κ2) is 10.7. The second-order valence-electron chi connectivity index (χ2n) is 8.66. The third-order valence-corrected chi connectivity index (χ3v) is 6.88. The van der Waals surface area contributed by atoms with E-state index < -0.39 is 0 Å². The van der Waals surface area contributed by atoms with E-state index in [1.807, 2.05) is 14.1 Å². The monoisotopic (exact) mass is 461 g/mol. The van der Waals surface area contributed by atoms with Crippen LogP contribution in [0.3, 0.4) is 0 Å². The van der Waals surface area contributed by atoms with E-state index in [2.05, 4.69) is 80.5 Å². The molecule has 33 heavy (non-hydrogen) atoms. The Bertz CT molecular complexity index is 1070. The Labute approximate surface area is 200 Å².